The molecule has 2 aromatic carbocycles. The Morgan fingerprint density at radius 2 is 1.96 bits per heavy atom. The topological polar surface area (TPSA) is 46.9 Å². The van der Waals surface area contributed by atoms with Crippen LogP contribution in [0.2, 0.25) is 5.02 Å². The van der Waals surface area contributed by atoms with E-state index in [0.717, 1.165) is 23.6 Å². The van der Waals surface area contributed by atoms with Crippen LogP contribution in [-0.2, 0) is 6.54 Å². The van der Waals surface area contributed by atoms with Crippen LogP contribution in [0, 0.1) is 0 Å². The SMILES string of the molecule is CC(C)c1nccn1Cc1cccc(NC(=O)c2ccc(Cl)cc2)c1. The zero-order chi connectivity index (χ0) is 17.8. The van der Waals surface area contributed by atoms with E-state index in [0.29, 0.717) is 16.5 Å². The maximum atomic E-state index is 12.3. The third-order valence-electron chi connectivity index (χ3n) is 3.91. The number of carbonyl (C=O) groups excluding carboxylic acids is 1. The maximum Gasteiger partial charge on any atom is 0.255 e. The minimum absolute atomic E-state index is 0.153. The van der Waals surface area contributed by atoms with Gasteiger partial charge in [0.1, 0.15) is 5.82 Å². The van der Waals surface area contributed by atoms with Crippen molar-refractivity contribution in [3.8, 4) is 0 Å². The molecule has 0 spiro atoms. The van der Waals surface area contributed by atoms with Gasteiger partial charge in [0.15, 0.2) is 0 Å². The van der Waals surface area contributed by atoms with Gasteiger partial charge in [0.05, 0.1) is 0 Å². The smallest absolute Gasteiger partial charge is 0.255 e. The first-order valence-electron chi connectivity index (χ1n) is 8.20. The van der Waals surface area contributed by atoms with Crippen molar-refractivity contribution in [3.05, 3.63) is 82.9 Å². The molecule has 3 aromatic rings. The number of amides is 1. The van der Waals surface area contributed by atoms with Crippen molar-refractivity contribution in [2.24, 2.45) is 0 Å². The molecule has 4 nitrogen and oxygen atoms in total. The Morgan fingerprint density at radius 3 is 2.68 bits per heavy atom. The standard InChI is InChI=1S/C20H20ClN3O/c1-14(2)19-22-10-11-24(19)13-15-4-3-5-18(12-15)23-20(25)16-6-8-17(21)9-7-16/h3-12,14H,13H2,1-2H3,(H,23,25). The van der Waals surface area contributed by atoms with Crippen molar-refractivity contribution in [2.45, 2.75) is 26.3 Å². The maximum absolute atomic E-state index is 12.3. The number of benzene rings is 2. The van der Waals surface area contributed by atoms with Gasteiger partial charge in [-0.05, 0) is 42.0 Å². The molecule has 128 valence electrons. The van der Waals surface area contributed by atoms with E-state index in [1.807, 2.05) is 36.7 Å². The first kappa shape index (κ1) is 17.2. The van der Waals surface area contributed by atoms with Gasteiger partial charge in [0.2, 0.25) is 0 Å². The molecular weight excluding hydrogens is 334 g/mol. The number of carbonyl (C=O) groups is 1. The zero-order valence-electron chi connectivity index (χ0n) is 14.2. The molecule has 0 radical (unpaired) electrons. The minimum Gasteiger partial charge on any atom is -0.330 e. The molecule has 0 unspecified atom stereocenters. The molecule has 1 N–H and O–H groups in total. The summed E-state index contributed by atoms with van der Waals surface area (Å²) in [5.74, 6) is 1.26. The number of imidazole rings is 1. The Hall–Kier alpha value is -2.59. The van der Waals surface area contributed by atoms with Crippen molar-refractivity contribution in [3.63, 3.8) is 0 Å². The summed E-state index contributed by atoms with van der Waals surface area (Å²) in [5, 5.41) is 3.54. The molecule has 25 heavy (non-hydrogen) atoms. The highest BCUT2D eigenvalue weighted by Crippen LogP contribution is 2.17. The number of halogens is 1. The van der Waals surface area contributed by atoms with E-state index in [1.54, 1.807) is 24.3 Å². The summed E-state index contributed by atoms with van der Waals surface area (Å²) in [6, 6.07) is 14.7. The normalized spacial score (nSPS) is 10.9. The number of nitrogens with zero attached hydrogens (tertiary/aromatic N) is 2. The quantitative estimate of drug-likeness (QED) is 0.704. The largest absolute Gasteiger partial charge is 0.330 e. The molecule has 0 saturated heterocycles. The first-order chi connectivity index (χ1) is 12.0. The number of anilines is 1. The molecule has 0 aliphatic carbocycles. The van der Waals surface area contributed by atoms with Gasteiger partial charge in [0, 0.05) is 41.1 Å². The monoisotopic (exact) mass is 353 g/mol. The Labute approximate surface area is 152 Å². The molecule has 0 aliphatic heterocycles. The van der Waals surface area contributed by atoms with Crippen molar-refractivity contribution in [1.29, 1.82) is 0 Å². The van der Waals surface area contributed by atoms with E-state index >= 15 is 0 Å². The lowest BCUT2D eigenvalue weighted by Crippen LogP contribution is -2.12. The molecule has 5 heteroatoms. The van der Waals surface area contributed by atoms with Gasteiger partial charge >= 0.3 is 0 Å². The number of aromatic nitrogens is 2. The number of rotatable bonds is 5. The van der Waals surface area contributed by atoms with Crippen LogP contribution < -0.4 is 5.32 Å². The van der Waals surface area contributed by atoms with Crippen molar-refractivity contribution in [1.82, 2.24) is 9.55 Å². The van der Waals surface area contributed by atoms with Crippen LogP contribution in [0.25, 0.3) is 0 Å². The highest BCUT2D eigenvalue weighted by molar-refractivity contribution is 6.30. The van der Waals surface area contributed by atoms with E-state index in [-0.39, 0.29) is 5.91 Å². The zero-order valence-corrected chi connectivity index (χ0v) is 15.0. The fourth-order valence-corrected chi connectivity index (χ4v) is 2.83. The fraction of sp³-hybridized carbons (Fsp3) is 0.200. The van der Waals surface area contributed by atoms with Gasteiger partial charge in [-0.3, -0.25) is 4.79 Å². The van der Waals surface area contributed by atoms with E-state index in [1.165, 1.54) is 0 Å². The highest BCUT2D eigenvalue weighted by atomic mass is 35.5. The van der Waals surface area contributed by atoms with E-state index in [2.05, 4.69) is 28.7 Å². The molecule has 1 heterocycles. The van der Waals surface area contributed by atoms with E-state index in [4.69, 9.17) is 11.6 Å². The summed E-state index contributed by atoms with van der Waals surface area (Å²) >= 11 is 5.86. The predicted octanol–water partition coefficient (Wildman–Crippen LogP) is 4.96. The van der Waals surface area contributed by atoms with Crippen molar-refractivity contribution < 1.29 is 4.79 Å². The van der Waals surface area contributed by atoms with Crippen molar-refractivity contribution >= 4 is 23.2 Å². The van der Waals surface area contributed by atoms with Gasteiger partial charge in [-0.25, -0.2) is 4.98 Å². The van der Waals surface area contributed by atoms with Gasteiger partial charge in [-0.1, -0.05) is 37.6 Å². The molecule has 1 amide bonds. The summed E-state index contributed by atoms with van der Waals surface area (Å²) in [4.78, 5) is 16.7. The van der Waals surface area contributed by atoms with Gasteiger partial charge < -0.3 is 9.88 Å². The van der Waals surface area contributed by atoms with E-state index < -0.39 is 0 Å². The molecule has 1 aromatic heterocycles. The Morgan fingerprint density at radius 1 is 1.20 bits per heavy atom. The third kappa shape index (κ3) is 4.28. The number of hydrogen-bond acceptors (Lipinski definition) is 2. The van der Waals surface area contributed by atoms with Crippen molar-refractivity contribution in [2.75, 3.05) is 5.32 Å². The molecule has 0 fully saturated rings. The first-order valence-corrected chi connectivity index (χ1v) is 8.57. The lowest BCUT2D eigenvalue weighted by Gasteiger charge is -2.12. The molecule has 0 bridgehead atoms. The van der Waals surface area contributed by atoms with Gasteiger partial charge in [-0.2, -0.15) is 0 Å². The van der Waals surface area contributed by atoms with Crippen LogP contribution in [0.1, 0.15) is 41.5 Å². The van der Waals surface area contributed by atoms with E-state index in [9.17, 15) is 4.79 Å². The van der Waals surface area contributed by atoms with Gasteiger partial charge in [-0.15, -0.1) is 0 Å². The van der Waals surface area contributed by atoms with Crippen LogP contribution in [0.5, 0.6) is 0 Å². The summed E-state index contributed by atoms with van der Waals surface area (Å²) < 4.78 is 2.13. The second-order valence-corrected chi connectivity index (χ2v) is 6.67. The molecule has 0 atom stereocenters. The number of hydrogen-bond donors (Lipinski definition) is 1. The van der Waals surface area contributed by atoms with Crippen LogP contribution in [0.4, 0.5) is 5.69 Å². The van der Waals surface area contributed by atoms with Crippen LogP contribution >= 0.6 is 11.6 Å². The number of nitrogens with one attached hydrogen (secondary N) is 1. The second kappa shape index (κ2) is 7.53. The van der Waals surface area contributed by atoms with Crippen LogP contribution in [0.15, 0.2) is 60.9 Å². The summed E-state index contributed by atoms with van der Waals surface area (Å²) in [5.41, 5.74) is 2.45. The highest BCUT2D eigenvalue weighted by Gasteiger charge is 2.09. The lowest BCUT2D eigenvalue weighted by molar-refractivity contribution is 0.102. The third-order valence-corrected chi connectivity index (χ3v) is 4.16. The average molecular weight is 354 g/mol. The molecule has 0 aliphatic rings. The Balaban J connectivity index is 1.74. The average Bonchev–Trinajstić information content (AvgIpc) is 3.04. The van der Waals surface area contributed by atoms with Gasteiger partial charge in [0.25, 0.3) is 5.91 Å². The van der Waals surface area contributed by atoms with Crippen LogP contribution in [-0.4, -0.2) is 15.5 Å². The summed E-state index contributed by atoms with van der Waals surface area (Å²) in [6.45, 7) is 4.97. The summed E-state index contributed by atoms with van der Waals surface area (Å²) in [7, 11) is 0. The fourth-order valence-electron chi connectivity index (χ4n) is 2.70. The Kier molecular flexibility index (Phi) is 5.19. The molecule has 0 saturated carbocycles. The molecular formula is C20H20ClN3O. The predicted molar refractivity (Wildman–Crippen MR) is 101 cm³/mol. The molecule has 3 rings (SSSR count). The Bertz CT molecular complexity index is 869. The second-order valence-electron chi connectivity index (χ2n) is 6.23. The minimum atomic E-state index is -0.153. The lowest BCUT2D eigenvalue weighted by atomic mass is 10.1. The van der Waals surface area contributed by atoms with Crippen LogP contribution in [0.3, 0.4) is 0 Å². The summed E-state index contributed by atoms with van der Waals surface area (Å²) in [6.07, 6.45) is 3.80.